The van der Waals surface area contributed by atoms with Crippen molar-refractivity contribution >= 4 is 23.4 Å². The summed E-state index contributed by atoms with van der Waals surface area (Å²) in [4.78, 5) is 5.32. The van der Waals surface area contributed by atoms with Gasteiger partial charge in [0.05, 0.1) is 5.56 Å². The van der Waals surface area contributed by atoms with E-state index < -0.39 is 11.7 Å². The van der Waals surface area contributed by atoms with Crippen LogP contribution < -0.4 is 0 Å². The molecule has 148 valence electrons. The quantitative estimate of drug-likeness (QED) is 0.245. The Hall–Kier alpha value is -3.05. The van der Waals surface area contributed by atoms with Crippen molar-refractivity contribution in [2.75, 3.05) is 6.61 Å². The molecule has 0 unspecified atom stereocenters. The van der Waals surface area contributed by atoms with Crippen LogP contribution in [0.2, 0.25) is 5.02 Å². The number of rotatable bonds is 6. The topological polar surface area (TPSA) is 21.6 Å². The molecule has 2 nitrogen and oxygen atoms in total. The third kappa shape index (κ3) is 5.72. The first kappa shape index (κ1) is 20.7. The smallest absolute Gasteiger partial charge is 0.391 e. The third-order valence-corrected chi connectivity index (χ3v) is 4.26. The van der Waals surface area contributed by atoms with E-state index in [1.54, 1.807) is 36.4 Å². The van der Waals surface area contributed by atoms with Crippen molar-refractivity contribution in [3.05, 3.63) is 112 Å². The molecule has 0 radical (unpaired) electrons. The van der Waals surface area contributed by atoms with Crippen LogP contribution in [0.1, 0.15) is 22.3 Å². The summed E-state index contributed by atoms with van der Waals surface area (Å²) in [5.74, 6) is 0. The highest BCUT2D eigenvalue weighted by Gasteiger charge is 2.35. The molecule has 0 heterocycles. The van der Waals surface area contributed by atoms with Crippen LogP contribution in [0.5, 0.6) is 0 Å². The van der Waals surface area contributed by atoms with Gasteiger partial charge in [-0.05, 0) is 29.8 Å². The molecule has 0 saturated carbocycles. The van der Waals surface area contributed by atoms with Crippen LogP contribution in [0.25, 0.3) is 6.08 Å². The van der Waals surface area contributed by atoms with Gasteiger partial charge >= 0.3 is 6.18 Å². The Bertz CT molecular complexity index is 1000. The highest BCUT2D eigenvalue weighted by atomic mass is 35.5. The average Bonchev–Trinajstić information content (AvgIpc) is 2.71. The summed E-state index contributed by atoms with van der Waals surface area (Å²) < 4.78 is 40.6. The summed E-state index contributed by atoms with van der Waals surface area (Å²) >= 11 is 5.98. The van der Waals surface area contributed by atoms with E-state index in [4.69, 9.17) is 16.4 Å². The second-order valence-corrected chi connectivity index (χ2v) is 6.54. The molecule has 0 bridgehead atoms. The van der Waals surface area contributed by atoms with Gasteiger partial charge in [-0.2, -0.15) is 13.2 Å². The summed E-state index contributed by atoms with van der Waals surface area (Å²) in [5, 5.41) is 4.20. The maximum Gasteiger partial charge on any atom is 0.417 e. The van der Waals surface area contributed by atoms with E-state index in [0.29, 0.717) is 5.56 Å². The molecule has 0 aliphatic heterocycles. The number of alkyl halides is 3. The van der Waals surface area contributed by atoms with Gasteiger partial charge in [0.25, 0.3) is 0 Å². The fourth-order valence-electron chi connectivity index (χ4n) is 2.71. The average molecular weight is 416 g/mol. The number of hydrogen-bond acceptors (Lipinski definition) is 2. The lowest BCUT2D eigenvalue weighted by Crippen LogP contribution is -2.15. The molecule has 0 N–H and O–H groups in total. The Kier molecular flexibility index (Phi) is 6.73. The zero-order valence-electron chi connectivity index (χ0n) is 15.2. The van der Waals surface area contributed by atoms with Gasteiger partial charge in [0.2, 0.25) is 0 Å². The molecule has 0 atom stereocenters. The predicted octanol–water partition coefficient (Wildman–Crippen LogP) is 6.84. The number of hydrogen-bond donors (Lipinski definition) is 0. The van der Waals surface area contributed by atoms with Gasteiger partial charge in [0.15, 0.2) is 0 Å². The molecule has 0 spiro atoms. The minimum Gasteiger partial charge on any atom is -0.391 e. The van der Waals surface area contributed by atoms with Gasteiger partial charge in [-0.3, -0.25) is 0 Å². The van der Waals surface area contributed by atoms with E-state index in [0.717, 1.165) is 11.6 Å². The SMILES string of the molecule is FC(F)(F)c1ccc(Cl)cc1C(=NOCC=Cc1ccccc1)c1ccccc1. The van der Waals surface area contributed by atoms with Gasteiger partial charge in [-0.1, -0.05) is 83.5 Å². The van der Waals surface area contributed by atoms with Gasteiger partial charge in [0.1, 0.15) is 12.3 Å². The molecule has 0 fully saturated rings. The van der Waals surface area contributed by atoms with Crippen molar-refractivity contribution < 1.29 is 18.0 Å². The first-order valence-corrected chi connectivity index (χ1v) is 9.17. The summed E-state index contributed by atoms with van der Waals surface area (Å²) in [5.41, 5.74) is 0.578. The van der Waals surface area contributed by atoms with Gasteiger partial charge < -0.3 is 4.84 Å². The van der Waals surface area contributed by atoms with Crippen LogP contribution in [0, 0.1) is 0 Å². The Balaban J connectivity index is 1.91. The summed E-state index contributed by atoms with van der Waals surface area (Å²) in [6, 6.07) is 21.5. The molecule has 0 saturated heterocycles. The van der Waals surface area contributed by atoms with E-state index >= 15 is 0 Å². The Morgan fingerprint density at radius 3 is 2.24 bits per heavy atom. The normalized spacial score (nSPS) is 12.3. The van der Waals surface area contributed by atoms with Crippen molar-refractivity contribution in [1.82, 2.24) is 0 Å². The number of halogens is 4. The van der Waals surface area contributed by atoms with Crippen molar-refractivity contribution in [3.63, 3.8) is 0 Å². The van der Waals surface area contributed by atoms with E-state index in [-0.39, 0.29) is 22.9 Å². The van der Waals surface area contributed by atoms with Crippen molar-refractivity contribution in [1.29, 1.82) is 0 Å². The molecular weight excluding hydrogens is 399 g/mol. The largest absolute Gasteiger partial charge is 0.417 e. The first-order chi connectivity index (χ1) is 13.9. The first-order valence-electron chi connectivity index (χ1n) is 8.79. The standard InChI is InChI=1S/C23H17ClF3NO/c24-19-13-14-21(23(25,26)27)20(16-19)22(18-11-5-2-6-12-18)28-29-15-7-10-17-8-3-1-4-9-17/h1-14,16H,15H2. The Morgan fingerprint density at radius 2 is 1.59 bits per heavy atom. The number of benzene rings is 3. The summed E-state index contributed by atoms with van der Waals surface area (Å²) in [6.07, 6.45) is -0.967. The zero-order chi connectivity index (χ0) is 20.7. The fourth-order valence-corrected chi connectivity index (χ4v) is 2.88. The van der Waals surface area contributed by atoms with Crippen LogP contribution in [-0.4, -0.2) is 12.3 Å². The van der Waals surface area contributed by atoms with Crippen LogP contribution in [-0.2, 0) is 11.0 Å². The van der Waals surface area contributed by atoms with Crippen LogP contribution in [0.3, 0.4) is 0 Å². The molecule has 3 aromatic rings. The van der Waals surface area contributed by atoms with E-state index in [9.17, 15) is 13.2 Å². The van der Waals surface area contributed by atoms with Crippen molar-refractivity contribution in [3.8, 4) is 0 Å². The summed E-state index contributed by atoms with van der Waals surface area (Å²) in [7, 11) is 0. The second-order valence-electron chi connectivity index (χ2n) is 6.10. The maximum atomic E-state index is 13.5. The minimum atomic E-state index is -4.55. The molecule has 0 aromatic heterocycles. The maximum absolute atomic E-state index is 13.5. The molecule has 0 aliphatic carbocycles. The predicted molar refractivity (Wildman–Crippen MR) is 110 cm³/mol. The summed E-state index contributed by atoms with van der Waals surface area (Å²) in [6.45, 7) is 0.104. The molecule has 0 aliphatic rings. The molecule has 3 aromatic carbocycles. The van der Waals surface area contributed by atoms with Gasteiger partial charge in [-0.25, -0.2) is 0 Å². The molecule has 0 amide bonds. The highest BCUT2D eigenvalue weighted by Crippen LogP contribution is 2.34. The lowest BCUT2D eigenvalue weighted by atomic mass is 9.97. The molecule has 3 rings (SSSR count). The molecule has 29 heavy (non-hydrogen) atoms. The highest BCUT2D eigenvalue weighted by molar-refractivity contribution is 6.31. The van der Waals surface area contributed by atoms with E-state index in [1.165, 1.54) is 12.1 Å². The zero-order valence-corrected chi connectivity index (χ0v) is 16.0. The monoisotopic (exact) mass is 415 g/mol. The molecular formula is C23H17ClF3NO. The van der Waals surface area contributed by atoms with E-state index in [2.05, 4.69) is 5.16 Å². The van der Waals surface area contributed by atoms with Crippen molar-refractivity contribution in [2.45, 2.75) is 6.18 Å². The lowest BCUT2D eigenvalue weighted by Gasteiger charge is -2.15. The van der Waals surface area contributed by atoms with Crippen LogP contribution in [0.15, 0.2) is 90.1 Å². The van der Waals surface area contributed by atoms with E-state index in [1.807, 2.05) is 36.4 Å². The fraction of sp³-hybridized carbons (Fsp3) is 0.0870. The van der Waals surface area contributed by atoms with Crippen LogP contribution >= 0.6 is 11.6 Å². The number of oxime groups is 1. The Morgan fingerprint density at radius 1 is 0.931 bits per heavy atom. The lowest BCUT2D eigenvalue weighted by molar-refractivity contribution is -0.137. The minimum absolute atomic E-state index is 0.0635. The Labute approximate surface area is 171 Å². The van der Waals surface area contributed by atoms with Crippen LogP contribution in [0.4, 0.5) is 13.2 Å². The number of nitrogens with zero attached hydrogens (tertiary/aromatic N) is 1. The third-order valence-electron chi connectivity index (χ3n) is 4.03. The molecule has 6 heteroatoms. The second kappa shape index (κ2) is 9.43. The van der Waals surface area contributed by atoms with Gasteiger partial charge in [-0.15, -0.1) is 0 Å². The van der Waals surface area contributed by atoms with Gasteiger partial charge in [0, 0.05) is 16.1 Å². The van der Waals surface area contributed by atoms with Crippen molar-refractivity contribution in [2.24, 2.45) is 5.16 Å².